The van der Waals surface area contributed by atoms with Gasteiger partial charge in [-0.3, -0.25) is 0 Å². The van der Waals surface area contributed by atoms with Gasteiger partial charge >= 0.3 is 0 Å². The van der Waals surface area contributed by atoms with E-state index in [1.807, 2.05) is 0 Å². The fraction of sp³-hybridized carbons (Fsp3) is 1.00. The van der Waals surface area contributed by atoms with Crippen LogP contribution in [0.4, 0.5) is 0 Å². The predicted molar refractivity (Wildman–Crippen MR) is 69.5 cm³/mol. The summed E-state index contributed by atoms with van der Waals surface area (Å²) < 4.78 is 0. The minimum Gasteiger partial charge on any atom is -0.390 e. The van der Waals surface area contributed by atoms with Gasteiger partial charge in [0.15, 0.2) is 0 Å². The van der Waals surface area contributed by atoms with E-state index in [2.05, 4.69) is 13.8 Å². The average molecular weight is 230 g/mol. The maximum Gasteiger partial charge on any atom is 0.0877 e. The molecule has 16 heavy (non-hydrogen) atoms. The van der Waals surface area contributed by atoms with Gasteiger partial charge in [0.2, 0.25) is 0 Å². The lowest BCUT2D eigenvalue weighted by molar-refractivity contribution is -0.0719. The van der Waals surface area contributed by atoms with Crippen molar-refractivity contribution in [3.63, 3.8) is 0 Å². The van der Waals surface area contributed by atoms with Crippen LogP contribution in [-0.2, 0) is 0 Å². The van der Waals surface area contributed by atoms with Gasteiger partial charge < -0.3 is 10.2 Å². The molecule has 0 saturated heterocycles. The second-order valence-corrected chi connectivity index (χ2v) is 5.18. The summed E-state index contributed by atoms with van der Waals surface area (Å²) in [6.07, 6.45) is 8.93. The van der Waals surface area contributed by atoms with Gasteiger partial charge in [-0.05, 0) is 19.8 Å². The Morgan fingerprint density at radius 2 is 1.50 bits per heavy atom. The van der Waals surface area contributed by atoms with Gasteiger partial charge in [-0.1, -0.05) is 58.8 Å². The lowest BCUT2D eigenvalue weighted by Gasteiger charge is -2.29. The molecule has 2 atom stereocenters. The SMILES string of the molecule is CCCCCCCC(O)C(C)(O)CCCC. The second-order valence-electron chi connectivity index (χ2n) is 5.18. The molecule has 0 spiro atoms. The molecule has 0 amide bonds. The number of aliphatic hydroxyl groups excluding tert-OH is 1. The van der Waals surface area contributed by atoms with Gasteiger partial charge in [-0.25, -0.2) is 0 Å². The van der Waals surface area contributed by atoms with E-state index in [1.165, 1.54) is 25.7 Å². The molecule has 0 aromatic heterocycles. The molecule has 0 aliphatic rings. The van der Waals surface area contributed by atoms with Gasteiger partial charge in [0.1, 0.15) is 0 Å². The van der Waals surface area contributed by atoms with Crippen molar-refractivity contribution in [2.24, 2.45) is 0 Å². The molecule has 0 aliphatic heterocycles. The second kappa shape index (κ2) is 9.00. The Hall–Kier alpha value is -0.0800. The lowest BCUT2D eigenvalue weighted by Crippen LogP contribution is -2.39. The zero-order valence-corrected chi connectivity index (χ0v) is 11.3. The van der Waals surface area contributed by atoms with Crippen LogP contribution >= 0.6 is 0 Å². The molecule has 2 N–H and O–H groups in total. The molecule has 2 heteroatoms. The molecule has 2 unspecified atom stereocenters. The van der Waals surface area contributed by atoms with Crippen molar-refractivity contribution in [3.8, 4) is 0 Å². The van der Waals surface area contributed by atoms with Crippen molar-refractivity contribution in [1.82, 2.24) is 0 Å². The highest BCUT2D eigenvalue weighted by molar-refractivity contribution is 4.81. The van der Waals surface area contributed by atoms with E-state index in [0.717, 1.165) is 25.7 Å². The minimum atomic E-state index is -0.888. The van der Waals surface area contributed by atoms with Crippen LogP contribution in [0.5, 0.6) is 0 Å². The fourth-order valence-electron chi connectivity index (χ4n) is 1.95. The zero-order valence-electron chi connectivity index (χ0n) is 11.3. The molecule has 0 heterocycles. The molecule has 0 aromatic carbocycles. The van der Waals surface area contributed by atoms with Crippen molar-refractivity contribution >= 4 is 0 Å². The van der Waals surface area contributed by atoms with Gasteiger partial charge in [0.05, 0.1) is 11.7 Å². The highest BCUT2D eigenvalue weighted by atomic mass is 16.3. The summed E-state index contributed by atoms with van der Waals surface area (Å²) in [5.74, 6) is 0. The number of aliphatic hydroxyl groups is 2. The first-order chi connectivity index (χ1) is 7.54. The van der Waals surface area contributed by atoms with Crippen molar-refractivity contribution in [1.29, 1.82) is 0 Å². The van der Waals surface area contributed by atoms with Crippen LogP contribution in [0.3, 0.4) is 0 Å². The molecule has 98 valence electrons. The molecule has 0 aromatic rings. The summed E-state index contributed by atoms with van der Waals surface area (Å²) in [6.45, 7) is 6.07. The molecular formula is C14H30O2. The number of unbranched alkanes of at least 4 members (excludes halogenated alkanes) is 5. The van der Waals surface area contributed by atoms with E-state index in [4.69, 9.17) is 0 Å². The Morgan fingerprint density at radius 1 is 0.938 bits per heavy atom. The topological polar surface area (TPSA) is 40.5 Å². The summed E-state index contributed by atoms with van der Waals surface area (Å²) in [6, 6.07) is 0. The van der Waals surface area contributed by atoms with Crippen LogP contribution in [0.25, 0.3) is 0 Å². The van der Waals surface area contributed by atoms with Crippen LogP contribution in [0.15, 0.2) is 0 Å². The first-order valence-corrected chi connectivity index (χ1v) is 6.95. The third-order valence-electron chi connectivity index (χ3n) is 3.34. The van der Waals surface area contributed by atoms with Crippen LogP contribution in [0, 0.1) is 0 Å². The van der Waals surface area contributed by atoms with Crippen molar-refractivity contribution in [2.45, 2.75) is 90.3 Å². The zero-order chi connectivity index (χ0) is 12.4. The van der Waals surface area contributed by atoms with Gasteiger partial charge in [0.25, 0.3) is 0 Å². The number of hydrogen-bond acceptors (Lipinski definition) is 2. The standard InChI is InChI=1S/C14H30O2/c1-4-6-8-9-10-11-13(15)14(3,16)12-7-5-2/h13,15-16H,4-12H2,1-3H3. The van der Waals surface area contributed by atoms with E-state index >= 15 is 0 Å². The van der Waals surface area contributed by atoms with Crippen LogP contribution < -0.4 is 0 Å². The quantitative estimate of drug-likeness (QED) is 0.562. The van der Waals surface area contributed by atoms with Gasteiger partial charge in [-0.15, -0.1) is 0 Å². The highest BCUT2D eigenvalue weighted by Crippen LogP contribution is 2.22. The largest absolute Gasteiger partial charge is 0.390 e. The number of rotatable bonds is 10. The monoisotopic (exact) mass is 230 g/mol. The van der Waals surface area contributed by atoms with Gasteiger partial charge in [-0.2, -0.15) is 0 Å². The van der Waals surface area contributed by atoms with E-state index < -0.39 is 11.7 Å². The van der Waals surface area contributed by atoms with E-state index in [9.17, 15) is 10.2 Å². The Balaban J connectivity index is 3.64. The maximum absolute atomic E-state index is 10.1. The Bertz CT molecular complexity index is 155. The van der Waals surface area contributed by atoms with E-state index in [1.54, 1.807) is 6.92 Å². The van der Waals surface area contributed by atoms with Gasteiger partial charge in [0, 0.05) is 0 Å². The van der Waals surface area contributed by atoms with E-state index in [-0.39, 0.29) is 0 Å². The molecule has 0 fully saturated rings. The summed E-state index contributed by atoms with van der Waals surface area (Å²) in [5, 5.41) is 20.0. The normalized spacial score (nSPS) is 17.1. The molecule has 0 rings (SSSR count). The van der Waals surface area contributed by atoms with Crippen molar-refractivity contribution in [3.05, 3.63) is 0 Å². The summed E-state index contributed by atoms with van der Waals surface area (Å²) in [7, 11) is 0. The molecule has 0 bridgehead atoms. The highest BCUT2D eigenvalue weighted by Gasteiger charge is 2.28. The Kier molecular flexibility index (Phi) is 8.96. The van der Waals surface area contributed by atoms with Crippen molar-refractivity contribution in [2.75, 3.05) is 0 Å². The summed E-state index contributed by atoms with van der Waals surface area (Å²) >= 11 is 0. The van der Waals surface area contributed by atoms with Crippen LogP contribution in [0.2, 0.25) is 0 Å². The summed E-state index contributed by atoms with van der Waals surface area (Å²) in [5.41, 5.74) is -0.888. The summed E-state index contributed by atoms with van der Waals surface area (Å²) in [4.78, 5) is 0. The first-order valence-electron chi connectivity index (χ1n) is 6.95. The number of hydrogen-bond donors (Lipinski definition) is 2. The smallest absolute Gasteiger partial charge is 0.0877 e. The molecule has 2 nitrogen and oxygen atoms in total. The maximum atomic E-state index is 10.1. The minimum absolute atomic E-state index is 0.555. The molecule has 0 radical (unpaired) electrons. The fourth-order valence-corrected chi connectivity index (χ4v) is 1.95. The van der Waals surface area contributed by atoms with E-state index in [0.29, 0.717) is 6.42 Å². The Labute approximate surface area is 101 Å². The van der Waals surface area contributed by atoms with Crippen molar-refractivity contribution < 1.29 is 10.2 Å². The van der Waals surface area contributed by atoms with Crippen LogP contribution in [0.1, 0.15) is 78.6 Å². The molecule has 0 aliphatic carbocycles. The Morgan fingerprint density at radius 3 is 2.06 bits per heavy atom. The third-order valence-corrected chi connectivity index (χ3v) is 3.34. The first kappa shape index (κ1) is 15.9. The molecule has 0 saturated carbocycles. The van der Waals surface area contributed by atoms with Crippen LogP contribution in [-0.4, -0.2) is 21.9 Å². The average Bonchev–Trinajstić information content (AvgIpc) is 2.26. The predicted octanol–water partition coefficient (Wildman–Crippen LogP) is 3.65. The molecular weight excluding hydrogens is 200 g/mol. The third kappa shape index (κ3) is 7.24. The lowest BCUT2D eigenvalue weighted by atomic mass is 9.89.